The summed E-state index contributed by atoms with van der Waals surface area (Å²) in [6.45, 7) is -0.561. The maximum absolute atomic E-state index is 12.1. The number of carbonyl (C=O) groups is 2. The molecule has 1 saturated carbocycles. The van der Waals surface area contributed by atoms with Crippen LogP contribution in [-0.2, 0) is 9.53 Å². The number of nitriles is 1. The number of rotatable bonds is 4. The first kappa shape index (κ1) is 17.7. The molecule has 0 unspecified atom stereocenters. The predicted molar refractivity (Wildman–Crippen MR) is 92.3 cm³/mol. The molecular formula is C19H18N2O5. The summed E-state index contributed by atoms with van der Waals surface area (Å²) in [4.78, 5) is 36.1. The number of fused-ring (bicyclic) bond motifs is 1. The first-order valence-electron chi connectivity index (χ1n) is 8.45. The van der Waals surface area contributed by atoms with Crippen LogP contribution in [0.4, 0.5) is 0 Å². The van der Waals surface area contributed by atoms with Gasteiger partial charge in [-0.05, 0) is 25.0 Å². The highest BCUT2D eigenvalue weighted by atomic mass is 16.5. The summed E-state index contributed by atoms with van der Waals surface area (Å²) in [5.41, 5.74) is -1.64. The van der Waals surface area contributed by atoms with Gasteiger partial charge in [0.15, 0.2) is 6.61 Å². The van der Waals surface area contributed by atoms with Crippen molar-refractivity contribution in [1.82, 2.24) is 5.32 Å². The van der Waals surface area contributed by atoms with Crippen molar-refractivity contribution in [1.29, 1.82) is 5.26 Å². The number of nitrogens with one attached hydrogen (secondary N) is 1. The number of nitrogens with zero attached hydrogens (tertiary/aromatic N) is 1. The standard InChI is InChI=1S/C19H18N2O5/c20-12-19(8-4-1-5-9-19)21-16(22)11-25-17(23)14-10-13-6-2-3-7-15(13)26-18(14)24/h2-3,6-7,10H,1,4-5,8-9,11H2,(H,21,22). The second-order valence-electron chi connectivity index (χ2n) is 6.36. The van der Waals surface area contributed by atoms with Crippen LogP contribution in [0.25, 0.3) is 11.0 Å². The molecule has 7 nitrogen and oxygen atoms in total. The van der Waals surface area contributed by atoms with Gasteiger partial charge in [0.05, 0.1) is 6.07 Å². The molecular weight excluding hydrogens is 336 g/mol. The van der Waals surface area contributed by atoms with Gasteiger partial charge in [-0.25, -0.2) is 9.59 Å². The molecule has 1 fully saturated rings. The summed E-state index contributed by atoms with van der Waals surface area (Å²) in [7, 11) is 0. The molecule has 0 bridgehead atoms. The van der Waals surface area contributed by atoms with Crippen molar-refractivity contribution in [3.05, 3.63) is 46.3 Å². The molecule has 134 valence electrons. The number of hydrogen-bond donors (Lipinski definition) is 1. The van der Waals surface area contributed by atoms with Gasteiger partial charge in [0.2, 0.25) is 0 Å². The third kappa shape index (κ3) is 3.75. The number of hydrogen-bond acceptors (Lipinski definition) is 6. The Balaban J connectivity index is 1.65. The van der Waals surface area contributed by atoms with E-state index >= 15 is 0 Å². The number of benzene rings is 1. The Morgan fingerprint density at radius 1 is 1.23 bits per heavy atom. The highest BCUT2D eigenvalue weighted by molar-refractivity contribution is 5.94. The summed E-state index contributed by atoms with van der Waals surface area (Å²) < 4.78 is 10.0. The zero-order chi connectivity index (χ0) is 18.6. The molecule has 0 aliphatic heterocycles. The fourth-order valence-corrected chi connectivity index (χ4v) is 3.14. The van der Waals surface area contributed by atoms with E-state index in [9.17, 15) is 19.6 Å². The van der Waals surface area contributed by atoms with Gasteiger partial charge in [-0.3, -0.25) is 4.79 Å². The van der Waals surface area contributed by atoms with Crippen LogP contribution >= 0.6 is 0 Å². The summed E-state index contributed by atoms with van der Waals surface area (Å²) in [5.74, 6) is -1.50. The lowest BCUT2D eigenvalue weighted by Crippen LogP contribution is -2.50. The topological polar surface area (TPSA) is 109 Å². The minimum atomic E-state index is -0.936. The molecule has 0 saturated heterocycles. The summed E-state index contributed by atoms with van der Waals surface area (Å²) in [5, 5.41) is 12.6. The predicted octanol–water partition coefficient (Wildman–Crippen LogP) is 2.29. The number of ether oxygens (including phenoxy) is 1. The van der Waals surface area contributed by atoms with E-state index in [4.69, 9.17) is 9.15 Å². The van der Waals surface area contributed by atoms with Crippen molar-refractivity contribution in [3.63, 3.8) is 0 Å². The van der Waals surface area contributed by atoms with Crippen molar-refractivity contribution in [2.75, 3.05) is 6.61 Å². The van der Waals surface area contributed by atoms with Crippen LogP contribution in [0.2, 0.25) is 0 Å². The van der Waals surface area contributed by atoms with Gasteiger partial charge in [-0.1, -0.05) is 37.5 Å². The van der Waals surface area contributed by atoms with E-state index in [-0.39, 0.29) is 5.56 Å². The zero-order valence-corrected chi connectivity index (χ0v) is 14.1. The quantitative estimate of drug-likeness (QED) is 0.666. The Kier molecular flexibility index (Phi) is 5.03. The van der Waals surface area contributed by atoms with Gasteiger partial charge in [-0.15, -0.1) is 0 Å². The molecule has 0 radical (unpaired) electrons. The Hall–Kier alpha value is -3.14. The van der Waals surface area contributed by atoms with E-state index in [0.29, 0.717) is 23.8 Å². The first-order valence-corrected chi connectivity index (χ1v) is 8.45. The largest absolute Gasteiger partial charge is 0.452 e. The Labute approximate surface area is 149 Å². The van der Waals surface area contributed by atoms with E-state index < -0.39 is 29.6 Å². The Bertz CT molecular complexity index is 935. The smallest absolute Gasteiger partial charge is 0.351 e. The van der Waals surface area contributed by atoms with Gasteiger partial charge in [0.1, 0.15) is 16.7 Å². The minimum absolute atomic E-state index is 0.274. The van der Waals surface area contributed by atoms with Crippen molar-refractivity contribution in [3.8, 4) is 6.07 Å². The third-order valence-electron chi connectivity index (χ3n) is 4.50. The van der Waals surface area contributed by atoms with E-state index in [0.717, 1.165) is 19.3 Å². The van der Waals surface area contributed by atoms with Crippen LogP contribution in [0, 0.1) is 11.3 Å². The fraction of sp³-hybridized carbons (Fsp3) is 0.368. The number of para-hydroxylation sites is 1. The van der Waals surface area contributed by atoms with Crippen LogP contribution in [-0.4, -0.2) is 24.0 Å². The van der Waals surface area contributed by atoms with E-state index in [1.165, 1.54) is 6.07 Å². The summed E-state index contributed by atoms with van der Waals surface area (Å²) in [6.07, 6.45) is 3.93. The number of amides is 1. The van der Waals surface area contributed by atoms with Crippen LogP contribution in [0.1, 0.15) is 42.5 Å². The monoisotopic (exact) mass is 354 g/mol. The maximum Gasteiger partial charge on any atom is 0.351 e. The average molecular weight is 354 g/mol. The van der Waals surface area contributed by atoms with Crippen LogP contribution in [0.3, 0.4) is 0 Å². The molecule has 1 heterocycles. The fourth-order valence-electron chi connectivity index (χ4n) is 3.14. The van der Waals surface area contributed by atoms with Gasteiger partial charge >= 0.3 is 11.6 Å². The molecule has 1 amide bonds. The third-order valence-corrected chi connectivity index (χ3v) is 4.50. The molecule has 0 spiro atoms. The molecule has 1 N–H and O–H groups in total. The van der Waals surface area contributed by atoms with Crippen molar-refractivity contribution in [2.24, 2.45) is 0 Å². The molecule has 3 rings (SSSR count). The summed E-state index contributed by atoms with van der Waals surface area (Å²) in [6, 6.07) is 10.3. The minimum Gasteiger partial charge on any atom is -0.452 e. The van der Waals surface area contributed by atoms with E-state index in [2.05, 4.69) is 11.4 Å². The average Bonchev–Trinajstić information content (AvgIpc) is 2.66. The molecule has 2 aromatic rings. The molecule has 1 aliphatic carbocycles. The molecule has 1 aromatic carbocycles. The van der Waals surface area contributed by atoms with Gasteiger partial charge in [0.25, 0.3) is 5.91 Å². The van der Waals surface area contributed by atoms with Crippen molar-refractivity contribution < 1.29 is 18.7 Å². The van der Waals surface area contributed by atoms with E-state index in [1.807, 2.05) is 0 Å². The zero-order valence-electron chi connectivity index (χ0n) is 14.1. The second-order valence-corrected chi connectivity index (χ2v) is 6.36. The molecule has 1 aliphatic rings. The maximum atomic E-state index is 12.1. The van der Waals surface area contributed by atoms with Crippen LogP contribution < -0.4 is 10.9 Å². The Morgan fingerprint density at radius 3 is 2.69 bits per heavy atom. The van der Waals surface area contributed by atoms with Gasteiger partial charge < -0.3 is 14.5 Å². The van der Waals surface area contributed by atoms with Crippen LogP contribution in [0.15, 0.2) is 39.5 Å². The van der Waals surface area contributed by atoms with Gasteiger partial charge in [0, 0.05) is 5.39 Å². The summed E-state index contributed by atoms with van der Waals surface area (Å²) >= 11 is 0. The molecule has 26 heavy (non-hydrogen) atoms. The Morgan fingerprint density at radius 2 is 1.96 bits per heavy atom. The highest BCUT2D eigenvalue weighted by Crippen LogP contribution is 2.27. The number of carbonyl (C=O) groups excluding carboxylic acids is 2. The lowest BCUT2D eigenvalue weighted by molar-refractivity contribution is -0.125. The van der Waals surface area contributed by atoms with Crippen LogP contribution in [0.5, 0.6) is 0 Å². The SMILES string of the molecule is N#CC1(NC(=O)COC(=O)c2cc3ccccc3oc2=O)CCCCC1. The highest BCUT2D eigenvalue weighted by Gasteiger charge is 2.33. The second kappa shape index (κ2) is 7.40. The normalized spacial score (nSPS) is 15.8. The van der Waals surface area contributed by atoms with E-state index in [1.54, 1.807) is 24.3 Å². The molecule has 0 atom stereocenters. The first-order chi connectivity index (χ1) is 12.5. The lowest BCUT2D eigenvalue weighted by Gasteiger charge is -2.31. The lowest BCUT2D eigenvalue weighted by atomic mass is 9.83. The van der Waals surface area contributed by atoms with Crippen molar-refractivity contribution in [2.45, 2.75) is 37.6 Å². The van der Waals surface area contributed by atoms with Crippen molar-refractivity contribution >= 4 is 22.8 Å². The molecule has 7 heteroatoms. The number of esters is 1. The molecule has 1 aromatic heterocycles. The van der Waals surface area contributed by atoms with Gasteiger partial charge in [-0.2, -0.15) is 5.26 Å².